The molecule has 0 saturated carbocycles. The maximum Gasteiger partial charge on any atom is 0.255 e. The van der Waals surface area contributed by atoms with Crippen LogP contribution in [0.3, 0.4) is 0 Å². The highest BCUT2D eigenvalue weighted by Gasteiger charge is 2.25. The number of halogens is 1. The Kier molecular flexibility index (Phi) is 5.50. The van der Waals surface area contributed by atoms with E-state index >= 15 is 0 Å². The number of aromatic nitrogens is 3. The summed E-state index contributed by atoms with van der Waals surface area (Å²) in [6.07, 6.45) is 2.46. The van der Waals surface area contributed by atoms with Gasteiger partial charge in [0.05, 0.1) is 25.0 Å². The lowest BCUT2D eigenvalue weighted by Gasteiger charge is -2.34. The molecule has 1 aliphatic rings. The van der Waals surface area contributed by atoms with Gasteiger partial charge in [0.25, 0.3) is 5.56 Å². The zero-order valence-corrected chi connectivity index (χ0v) is 17.2. The molecule has 30 heavy (non-hydrogen) atoms. The molecule has 0 unspecified atom stereocenters. The molecule has 0 radical (unpaired) electrons. The average Bonchev–Trinajstić information content (AvgIpc) is 2.76. The number of rotatable bonds is 4. The number of anilines is 2. The number of hydrogen-bond acceptors (Lipinski definition) is 6. The first-order valence-electron chi connectivity index (χ1n) is 9.76. The van der Waals surface area contributed by atoms with Crippen molar-refractivity contribution in [2.24, 2.45) is 7.05 Å². The zero-order valence-electron chi connectivity index (χ0n) is 17.2. The van der Waals surface area contributed by atoms with Crippen molar-refractivity contribution in [3.8, 4) is 11.3 Å². The summed E-state index contributed by atoms with van der Waals surface area (Å²) in [4.78, 5) is 25.0. The molecule has 7 nitrogen and oxygen atoms in total. The summed E-state index contributed by atoms with van der Waals surface area (Å²) in [6.45, 7) is 1.64. The van der Waals surface area contributed by atoms with Crippen LogP contribution in [-0.2, 0) is 11.8 Å². The monoisotopic (exact) mass is 409 g/mol. The van der Waals surface area contributed by atoms with Gasteiger partial charge in [-0.25, -0.2) is 9.37 Å². The zero-order chi connectivity index (χ0) is 21.3. The van der Waals surface area contributed by atoms with Crippen LogP contribution in [0.25, 0.3) is 11.3 Å². The summed E-state index contributed by atoms with van der Waals surface area (Å²) in [5.41, 5.74) is 2.48. The second kappa shape index (κ2) is 8.23. The molecule has 1 fully saturated rings. The summed E-state index contributed by atoms with van der Waals surface area (Å²) in [5, 5.41) is 0. The first-order valence-corrected chi connectivity index (χ1v) is 9.76. The van der Waals surface area contributed by atoms with E-state index in [1.165, 1.54) is 22.9 Å². The lowest BCUT2D eigenvalue weighted by atomic mass is 10.1. The van der Waals surface area contributed by atoms with E-state index in [0.29, 0.717) is 31.3 Å². The van der Waals surface area contributed by atoms with Gasteiger partial charge in [-0.15, -0.1) is 0 Å². The van der Waals surface area contributed by atoms with Crippen LogP contribution in [-0.4, -0.2) is 48.3 Å². The first kappa shape index (κ1) is 20.0. The van der Waals surface area contributed by atoms with Gasteiger partial charge in [-0.1, -0.05) is 12.1 Å². The van der Waals surface area contributed by atoms with Gasteiger partial charge in [0.1, 0.15) is 6.10 Å². The Morgan fingerprint density at radius 2 is 1.97 bits per heavy atom. The summed E-state index contributed by atoms with van der Waals surface area (Å²) in [5.74, 6) is -0.0167. The molecule has 1 aromatic carbocycles. The standard InChI is InChI=1S/C22H24FN5O2/c1-26(2)16-6-4-15(5-7-16)20-14-28(10-11-30-20)22-25-19(12-21(29)27(22)3)17-8-9-24-13-18(17)23/h4-9,12-13,20H,10-11,14H2,1-3H3/t20-/m1/s1. The Bertz CT molecular complexity index is 1100. The highest BCUT2D eigenvalue weighted by molar-refractivity contribution is 5.60. The van der Waals surface area contributed by atoms with Crippen LogP contribution in [0, 0.1) is 5.82 Å². The SMILES string of the molecule is CN(C)c1ccc([C@H]2CN(c3nc(-c4ccncc4F)cc(=O)n3C)CCO2)cc1. The molecule has 0 aliphatic carbocycles. The van der Waals surface area contributed by atoms with Crippen LogP contribution >= 0.6 is 0 Å². The maximum atomic E-state index is 14.2. The van der Waals surface area contributed by atoms with E-state index < -0.39 is 5.82 Å². The molecule has 1 saturated heterocycles. The minimum absolute atomic E-state index is 0.145. The number of nitrogens with zero attached hydrogens (tertiary/aromatic N) is 5. The highest BCUT2D eigenvalue weighted by Crippen LogP contribution is 2.27. The molecule has 0 amide bonds. The third-order valence-electron chi connectivity index (χ3n) is 5.29. The van der Waals surface area contributed by atoms with Crippen molar-refractivity contribution in [2.45, 2.75) is 6.10 Å². The molecule has 4 rings (SSSR count). The van der Waals surface area contributed by atoms with E-state index in [2.05, 4.69) is 34.2 Å². The summed E-state index contributed by atoms with van der Waals surface area (Å²) in [6, 6.07) is 11.1. The molecule has 156 valence electrons. The van der Waals surface area contributed by atoms with E-state index in [1.54, 1.807) is 7.05 Å². The second-order valence-corrected chi connectivity index (χ2v) is 7.49. The van der Waals surface area contributed by atoms with Gasteiger partial charge >= 0.3 is 0 Å². The summed E-state index contributed by atoms with van der Waals surface area (Å²) < 4.78 is 21.7. The predicted octanol–water partition coefficient (Wildman–Crippen LogP) is 2.63. The molecule has 1 atom stereocenters. The smallest absolute Gasteiger partial charge is 0.255 e. The second-order valence-electron chi connectivity index (χ2n) is 7.49. The van der Waals surface area contributed by atoms with Crippen LogP contribution in [0.4, 0.5) is 16.0 Å². The first-order chi connectivity index (χ1) is 14.4. The molecule has 1 aliphatic heterocycles. The van der Waals surface area contributed by atoms with Gasteiger partial charge < -0.3 is 14.5 Å². The fraction of sp³-hybridized carbons (Fsp3) is 0.318. The van der Waals surface area contributed by atoms with Crippen molar-refractivity contribution in [2.75, 3.05) is 43.6 Å². The third-order valence-corrected chi connectivity index (χ3v) is 5.29. The largest absolute Gasteiger partial charge is 0.378 e. The molecule has 0 spiro atoms. The number of ether oxygens (including phenoxy) is 1. The lowest BCUT2D eigenvalue weighted by molar-refractivity contribution is 0.0390. The third kappa shape index (κ3) is 3.91. The maximum absolute atomic E-state index is 14.2. The van der Waals surface area contributed by atoms with Crippen molar-refractivity contribution >= 4 is 11.6 Å². The van der Waals surface area contributed by atoms with E-state index in [-0.39, 0.29) is 17.2 Å². The molecule has 3 aromatic rings. The predicted molar refractivity (Wildman–Crippen MR) is 114 cm³/mol. The van der Waals surface area contributed by atoms with Gasteiger partial charge in [0.2, 0.25) is 5.95 Å². The van der Waals surface area contributed by atoms with Crippen molar-refractivity contribution in [1.82, 2.24) is 14.5 Å². The van der Waals surface area contributed by atoms with Crippen LogP contribution < -0.4 is 15.4 Å². The average molecular weight is 409 g/mol. The number of hydrogen-bond donors (Lipinski definition) is 0. The fourth-order valence-electron chi connectivity index (χ4n) is 3.55. The quantitative estimate of drug-likeness (QED) is 0.660. The van der Waals surface area contributed by atoms with Crippen LogP contribution in [0.2, 0.25) is 0 Å². The molecule has 0 N–H and O–H groups in total. The Hall–Kier alpha value is -3.26. The molecule has 3 heterocycles. The molecule has 8 heteroatoms. The summed E-state index contributed by atoms with van der Waals surface area (Å²) in [7, 11) is 5.67. The van der Waals surface area contributed by atoms with Crippen LogP contribution in [0.5, 0.6) is 0 Å². The van der Waals surface area contributed by atoms with Gasteiger partial charge in [-0.2, -0.15) is 0 Å². The van der Waals surface area contributed by atoms with Crippen molar-refractivity contribution in [1.29, 1.82) is 0 Å². The normalized spacial score (nSPS) is 16.5. The van der Waals surface area contributed by atoms with E-state index in [0.717, 1.165) is 17.4 Å². The van der Waals surface area contributed by atoms with E-state index in [4.69, 9.17) is 4.74 Å². The van der Waals surface area contributed by atoms with E-state index in [9.17, 15) is 9.18 Å². The van der Waals surface area contributed by atoms with Crippen molar-refractivity contribution < 1.29 is 9.13 Å². The Balaban J connectivity index is 1.65. The Morgan fingerprint density at radius 3 is 2.67 bits per heavy atom. The minimum Gasteiger partial charge on any atom is -0.378 e. The molecular formula is C22H24FN5O2. The Labute approximate surface area is 174 Å². The fourth-order valence-corrected chi connectivity index (χ4v) is 3.55. The van der Waals surface area contributed by atoms with Gasteiger partial charge in [0, 0.05) is 51.2 Å². The van der Waals surface area contributed by atoms with Gasteiger partial charge in [-0.3, -0.25) is 14.3 Å². The lowest BCUT2D eigenvalue weighted by Crippen LogP contribution is -2.41. The Morgan fingerprint density at radius 1 is 1.20 bits per heavy atom. The number of benzene rings is 1. The minimum atomic E-state index is -0.509. The van der Waals surface area contributed by atoms with Crippen LogP contribution in [0.1, 0.15) is 11.7 Å². The molecular weight excluding hydrogens is 385 g/mol. The van der Waals surface area contributed by atoms with Gasteiger partial charge in [-0.05, 0) is 23.8 Å². The van der Waals surface area contributed by atoms with Crippen molar-refractivity contribution in [3.05, 3.63) is 70.5 Å². The molecule has 0 bridgehead atoms. The van der Waals surface area contributed by atoms with Crippen molar-refractivity contribution in [3.63, 3.8) is 0 Å². The topological polar surface area (TPSA) is 63.5 Å². The van der Waals surface area contributed by atoms with E-state index in [1.807, 2.05) is 23.9 Å². The highest BCUT2D eigenvalue weighted by atomic mass is 19.1. The number of pyridine rings is 1. The van der Waals surface area contributed by atoms with Gasteiger partial charge in [0.15, 0.2) is 5.82 Å². The number of morpholine rings is 1. The van der Waals surface area contributed by atoms with Crippen LogP contribution in [0.15, 0.2) is 53.6 Å². The molecule has 2 aromatic heterocycles. The summed E-state index contributed by atoms with van der Waals surface area (Å²) >= 11 is 0.